The Bertz CT molecular complexity index is 326. The summed E-state index contributed by atoms with van der Waals surface area (Å²) >= 11 is 0. The Balaban J connectivity index is 1.89. The molecule has 1 aliphatic heterocycles. The SMILES string of the molecule is CN(C(=O)N1CCC(C(=O)O)C1)C1CCCCC1. The molecule has 5 heteroatoms. The number of nitrogens with zero attached hydrogens (tertiary/aromatic N) is 2. The van der Waals surface area contributed by atoms with Gasteiger partial charge < -0.3 is 14.9 Å². The monoisotopic (exact) mass is 254 g/mol. The molecule has 1 heterocycles. The van der Waals surface area contributed by atoms with Gasteiger partial charge in [-0.1, -0.05) is 19.3 Å². The number of hydrogen-bond acceptors (Lipinski definition) is 2. The van der Waals surface area contributed by atoms with Gasteiger partial charge in [-0.25, -0.2) is 4.79 Å². The summed E-state index contributed by atoms with van der Waals surface area (Å²) in [5.41, 5.74) is 0. The van der Waals surface area contributed by atoms with E-state index in [0.717, 1.165) is 12.8 Å². The molecule has 0 aromatic rings. The Labute approximate surface area is 108 Å². The van der Waals surface area contributed by atoms with Crippen molar-refractivity contribution >= 4 is 12.0 Å². The summed E-state index contributed by atoms with van der Waals surface area (Å²) in [5, 5.41) is 8.95. The number of hydrogen-bond donors (Lipinski definition) is 1. The Kier molecular flexibility index (Phi) is 4.09. The summed E-state index contributed by atoms with van der Waals surface area (Å²) in [4.78, 5) is 26.7. The summed E-state index contributed by atoms with van der Waals surface area (Å²) in [5.74, 6) is -1.17. The topological polar surface area (TPSA) is 60.9 Å². The number of rotatable bonds is 2. The molecule has 2 aliphatic rings. The molecule has 1 atom stereocenters. The summed E-state index contributed by atoms with van der Waals surface area (Å²) in [6, 6.07) is 0.348. The lowest BCUT2D eigenvalue weighted by molar-refractivity contribution is -0.141. The highest BCUT2D eigenvalue weighted by Crippen LogP contribution is 2.24. The molecule has 2 amide bonds. The summed E-state index contributed by atoms with van der Waals surface area (Å²) in [7, 11) is 1.85. The van der Waals surface area contributed by atoms with Crippen molar-refractivity contribution in [2.75, 3.05) is 20.1 Å². The minimum absolute atomic E-state index is 0.00523. The van der Waals surface area contributed by atoms with Crippen molar-refractivity contribution < 1.29 is 14.7 Å². The largest absolute Gasteiger partial charge is 0.481 e. The van der Waals surface area contributed by atoms with Gasteiger partial charge in [0.05, 0.1) is 5.92 Å². The van der Waals surface area contributed by atoms with Crippen LogP contribution in [0.1, 0.15) is 38.5 Å². The maximum absolute atomic E-state index is 12.3. The van der Waals surface area contributed by atoms with E-state index in [4.69, 9.17) is 5.11 Å². The maximum atomic E-state index is 12.3. The quantitative estimate of drug-likeness (QED) is 0.817. The van der Waals surface area contributed by atoms with Gasteiger partial charge in [-0.3, -0.25) is 4.79 Å². The standard InChI is InChI=1S/C13H22N2O3/c1-14(11-5-3-2-4-6-11)13(18)15-8-7-10(9-15)12(16)17/h10-11H,2-9H2,1H3,(H,16,17). The average Bonchev–Trinajstić information content (AvgIpc) is 2.88. The molecule has 2 rings (SSSR count). The van der Waals surface area contributed by atoms with Gasteiger partial charge in [-0.05, 0) is 19.3 Å². The fourth-order valence-corrected chi connectivity index (χ4v) is 2.98. The lowest BCUT2D eigenvalue weighted by Gasteiger charge is -2.34. The zero-order valence-electron chi connectivity index (χ0n) is 11.0. The van der Waals surface area contributed by atoms with E-state index in [9.17, 15) is 9.59 Å². The first-order valence-electron chi connectivity index (χ1n) is 6.84. The van der Waals surface area contributed by atoms with Crippen molar-refractivity contribution in [1.29, 1.82) is 0 Å². The van der Waals surface area contributed by atoms with Crippen LogP contribution < -0.4 is 0 Å². The van der Waals surface area contributed by atoms with Crippen LogP contribution in [0.25, 0.3) is 0 Å². The van der Waals surface area contributed by atoms with Gasteiger partial charge in [0.1, 0.15) is 0 Å². The van der Waals surface area contributed by atoms with Gasteiger partial charge in [-0.2, -0.15) is 0 Å². The Morgan fingerprint density at radius 1 is 1.17 bits per heavy atom. The van der Waals surface area contributed by atoms with Gasteiger partial charge in [0, 0.05) is 26.2 Å². The molecule has 1 aliphatic carbocycles. The van der Waals surface area contributed by atoms with Crippen molar-refractivity contribution in [1.82, 2.24) is 9.80 Å². The highest BCUT2D eigenvalue weighted by atomic mass is 16.4. The lowest BCUT2D eigenvalue weighted by Crippen LogP contribution is -2.46. The molecule has 0 aromatic heterocycles. The van der Waals surface area contributed by atoms with Crippen molar-refractivity contribution in [3.05, 3.63) is 0 Å². The maximum Gasteiger partial charge on any atom is 0.320 e. The molecular formula is C13H22N2O3. The van der Waals surface area contributed by atoms with E-state index in [1.165, 1.54) is 19.3 Å². The molecule has 1 saturated heterocycles. The van der Waals surface area contributed by atoms with E-state index in [0.29, 0.717) is 25.6 Å². The molecule has 2 fully saturated rings. The zero-order valence-corrected chi connectivity index (χ0v) is 11.0. The minimum atomic E-state index is -0.786. The number of aliphatic carboxylic acids is 1. The van der Waals surface area contributed by atoms with Gasteiger partial charge in [0.15, 0.2) is 0 Å². The number of carbonyl (C=O) groups is 2. The number of carboxylic acids is 1. The van der Waals surface area contributed by atoms with Crippen molar-refractivity contribution in [3.8, 4) is 0 Å². The van der Waals surface area contributed by atoms with Crippen molar-refractivity contribution in [2.45, 2.75) is 44.6 Å². The molecule has 18 heavy (non-hydrogen) atoms. The predicted octanol–water partition coefficient (Wildman–Crippen LogP) is 1.78. The van der Waals surface area contributed by atoms with Crippen LogP contribution in [0.5, 0.6) is 0 Å². The predicted molar refractivity (Wildman–Crippen MR) is 67.3 cm³/mol. The second-order valence-corrected chi connectivity index (χ2v) is 5.46. The third-order valence-electron chi connectivity index (χ3n) is 4.23. The Morgan fingerprint density at radius 3 is 2.39 bits per heavy atom. The molecule has 1 unspecified atom stereocenters. The lowest BCUT2D eigenvalue weighted by atomic mass is 9.95. The first-order chi connectivity index (χ1) is 8.59. The van der Waals surface area contributed by atoms with Crippen LogP contribution in [0.4, 0.5) is 4.79 Å². The highest BCUT2D eigenvalue weighted by Gasteiger charge is 2.33. The van der Waals surface area contributed by atoms with E-state index >= 15 is 0 Å². The smallest absolute Gasteiger partial charge is 0.320 e. The van der Waals surface area contributed by atoms with Crippen LogP contribution in [-0.4, -0.2) is 53.1 Å². The molecule has 1 saturated carbocycles. The van der Waals surface area contributed by atoms with Crippen molar-refractivity contribution in [2.24, 2.45) is 5.92 Å². The molecule has 1 N–H and O–H groups in total. The van der Waals surface area contributed by atoms with Crippen LogP contribution in [0, 0.1) is 5.92 Å². The summed E-state index contributed by atoms with van der Waals surface area (Å²) < 4.78 is 0. The normalized spacial score (nSPS) is 25.2. The van der Waals surface area contributed by atoms with Gasteiger partial charge >= 0.3 is 12.0 Å². The number of carbonyl (C=O) groups excluding carboxylic acids is 1. The molecular weight excluding hydrogens is 232 g/mol. The fraction of sp³-hybridized carbons (Fsp3) is 0.846. The Hall–Kier alpha value is -1.26. The average molecular weight is 254 g/mol. The van der Waals surface area contributed by atoms with Crippen LogP contribution in [0.3, 0.4) is 0 Å². The van der Waals surface area contributed by atoms with E-state index in [1.54, 1.807) is 4.90 Å². The number of urea groups is 1. The molecule has 0 aromatic carbocycles. The molecule has 102 valence electrons. The second kappa shape index (κ2) is 5.59. The van der Waals surface area contributed by atoms with Crippen LogP contribution in [0.15, 0.2) is 0 Å². The Morgan fingerprint density at radius 2 is 1.83 bits per heavy atom. The molecule has 0 bridgehead atoms. The van der Waals surface area contributed by atoms with E-state index in [-0.39, 0.29) is 11.9 Å². The number of carboxylic acid groups (broad SMARTS) is 1. The van der Waals surface area contributed by atoms with E-state index in [2.05, 4.69) is 0 Å². The van der Waals surface area contributed by atoms with Gasteiger partial charge in [0.25, 0.3) is 0 Å². The highest BCUT2D eigenvalue weighted by molar-refractivity contribution is 5.77. The van der Waals surface area contributed by atoms with Crippen LogP contribution >= 0.6 is 0 Å². The first-order valence-corrected chi connectivity index (χ1v) is 6.84. The minimum Gasteiger partial charge on any atom is -0.481 e. The first kappa shape index (κ1) is 13.2. The van der Waals surface area contributed by atoms with Gasteiger partial charge in [0.2, 0.25) is 0 Å². The van der Waals surface area contributed by atoms with Crippen molar-refractivity contribution in [3.63, 3.8) is 0 Å². The summed E-state index contributed by atoms with van der Waals surface area (Å²) in [6.45, 7) is 0.943. The van der Waals surface area contributed by atoms with Crippen LogP contribution in [-0.2, 0) is 4.79 Å². The number of likely N-dealkylation sites (tertiary alicyclic amines) is 1. The molecule has 0 radical (unpaired) electrons. The summed E-state index contributed by atoms with van der Waals surface area (Å²) in [6.07, 6.45) is 6.40. The molecule has 5 nitrogen and oxygen atoms in total. The van der Waals surface area contributed by atoms with Gasteiger partial charge in [-0.15, -0.1) is 0 Å². The second-order valence-electron chi connectivity index (χ2n) is 5.46. The zero-order chi connectivity index (χ0) is 13.1. The fourth-order valence-electron chi connectivity index (χ4n) is 2.98. The molecule has 0 spiro atoms. The third-order valence-corrected chi connectivity index (χ3v) is 4.23. The van der Waals surface area contributed by atoms with Crippen LogP contribution in [0.2, 0.25) is 0 Å². The van der Waals surface area contributed by atoms with E-state index < -0.39 is 5.97 Å². The third kappa shape index (κ3) is 2.76. The number of amides is 2. The van der Waals surface area contributed by atoms with E-state index in [1.807, 2.05) is 11.9 Å².